The highest BCUT2D eigenvalue weighted by molar-refractivity contribution is 5.25. The Balaban J connectivity index is 2.24. The van der Waals surface area contributed by atoms with E-state index in [1.54, 1.807) is 24.1 Å². The molecule has 0 aliphatic heterocycles. The molecule has 0 fully saturated rings. The maximum Gasteiger partial charge on any atom is 0.417 e. The number of nitrogens with zero attached hydrogens (tertiary/aromatic N) is 3. The van der Waals surface area contributed by atoms with Crippen molar-refractivity contribution in [2.45, 2.75) is 12.2 Å². The molecule has 1 unspecified atom stereocenters. The van der Waals surface area contributed by atoms with E-state index in [9.17, 15) is 13.2 Å². The first-order valence-electron chi connectivity index (χ1n) is 5.15. The van der Waals surface area contributed by atoms with Gasteiger partial charge in [0.05, 0.1) is 23.5 Å². The van der Waals surface area contributed by atoms with Crippen molar-refractivity contribution in [2.24, 2.45) is 12.8 Å². The second kappa shape index (κ2) is 4.41. The first kappa shape index (κ1) is 12.6. The SMILES string of the molecule is Cn1cc(C(N)c2ccc(C(F)(F)F)cn2)cn1. The van der Waals surface area contributed by atoms with Crippen LogP contribution in [-0.4, -0.2) is 14.8 Å². The smallest absolute Gasteiger partial charge is 0.319 e. The van der Waals surface area contributed by atoms with Gasteiger partial charge in [0.2, 0.25) is 0 Å². The molecule has 0 aliphatic carbocycles. The van der Waals surface area contributed by atoms with Crippen LogP contribution in [0.2, 0.25) is 0 Å². The summed E-state index contributed by atoms with van der Waals surface area (Å²) in [6.45, 7) is 0. The molecule has 0 aromatic carbocycles. The van der Waals surface area contributed by atoms with Crippen molar-refractivity contribution in [3.05, 3.63) is 47.5 Å². The Labute approximate surface area is 101 Å². The lowest BCUT2D eigenvalue weighted by atomic mass is 10.1. The van der Waals surface area contributed by atoms with Crippen LogP contribution >= 0.6 is 0 Å². The standard InChI is InChI=1S/C11H11F3N4/c1-18-6-7(4-17-18)10(15)9-3-2-8(5-16-9)11(12,13)14/h2-6,10H,15H2,1H3. The van der Waals surface area contributed by atoms with E-state index >= 15 is 0 Å². The van der Waals surface area contributed by atoms with Crippen molar-refractivity contribution in [3.8, 4) is 0 Å². The van der Waals surface area contributed by atoms with E-state index in [1.165, 1.54) is 6.07 Å². The monoisotopic (exact) mass is 256 g/mol. The van der Waals surface area contributed by atoms with Gasteiger partial charge in [0, 0.05) is 25.0 Å². The first-order valence-corrected chi connectivity index (χ1v) is 5.15. The molecule has 2 N–H and O–H groups in total. The highest BCUT2D eigenvalue weighted by Gasteiger charge is 2.30. The normalized spacial score (nSPS) is 13.6. The van der Waals surface area contributed by atoms with Crippen LogP contribution in [0.1, 0.15) is 22.9 Å². The Kier molecular flexibility index (Phi) is 3.08. The van der Waals surface area contributed by atoms with E-state index in [-0.39, 0.29) is 0 Å². The molecule has 7 heteroatoms. The number of nitrogens with two attached hydrogens (primary N) is 1. The number of alkyl halides is 3. The van der Waals surface area contributed by atoms with Crippen LogP contribution in [0.25, 0.3) is 0 Å². The van der Waals surface area contributed by atoms with Crippen LogP contribution < -0.4 is 5.73 Å². The summed E-state index contributed by atoms with van der Waals surface area (Å²) < 4.78 is 38.7. The van der Waals surface area contributed by atoms with Gasteiger partial charge in [-0.15, -0.1) is 0 Å². The summed E-state index contributed by atoms with van der Waals surface area (Å²) in [6, 6.07) is 1.67. The number of hydrogen-bond acceptors (Lipinski definition) is 3. The number of hydrogen-bond donors (Lipinski definition) is 1. The topological polar surface area (TPSA) is 56.7 Å². The van der Waals surface area contributed by atoms with Gasteiger partial charge in [-0.2, -0.15) is 18.3 Å². The van der Waals surface area contributed by atoms with Gasteiger partial charge in [0.15, 0.2) is 0 Å². The van der Waals surface area contributed by atoms with Crippen molar-refractivity contribution in [1.82, 2.24) is 14.8 Å². The molecule has 1 atom stereocenters. The molecule has 0 saturated carbocycles. The zero-order valence-electron chi connectivity index (χ0n) is 9.52. The maximum atomic E-state index is 12.4. The van der Waals surface area contributed by atoms with Gasteiger partial charge in [-0.3, -0.25) is 9.67 Å². The Morgan fingerprint density at radius 1 is 1.28 bits per heavy atom. The molecule has 2 aromatic heterocycles. The number of halogens is 3. The largest absolute Gasteiger partial charge is 0.417 e. The van der Waals surface area contributed by atoms with E-state index in [4.69, 9.17) is 5.73 Å². The van der Waals surface area contributed by atoms with Gasteiger partial charge >= 0.3 is 6.18 Å². The predicted molar refractivity (Wildman–Crippen MR) is 58.5 cm³/mol. The minimum atomic E-state index is -4.38. The molecule has 0 saturated heterocycles. The van der Waals surface area contributed by atoms with E-state index in [1.807, 2.05) is 0 Å². The molecule has 18 heavy (non-hydrogen) atoms. The zero-order chi connectivity index (χ0) is 13.3. The zero-order valence-corrected chi connectivity index (χ0v) is 9.52. The molecule has 0 spiro atoms. The van der Waals surface area contributed by atoms with Crippen molar-refractivity contribution in [2.75, 3.05) is 0 Å². The predicted octanol–water partition coefficient (Wildman–Crippen LogP) is 1.88. The van der Waals surface area contributed by atoms with Crippen molar-refractivity contribution < 1.29 is 13.2 Å². The van der Waals surface area contributed by atoms with Crippen LogP contribution in [0, 0.1) is 0 Å². The third-order valence-corrected chi connectivity index (χ3v) is 2.52. The molecule has 96 valence electrons. The number of pyridine rings is 1. The molecule has 2 heterocycles. The summed E-state index contributed by atoms with van der Waals surface area (Å²) in [5.41, 5.74) is 6.17. The summed E-state index contributed by atoms with van der Waals surface area (Å²) in [6.07, 6.45) is -0.344. The highest BCUT2D eigenvalue weighted by Crippen LogP contribution is 2.29. The second-order valence-corrected chi connectivity index (χ2v) is 3.89. The van der Waals surface area contributed by atoms with E-state index < -0.39 is 17.8 Å². The average molecular weight is 256 g/mol. The van der Waals surface area contributed by atoms with Crippen LogP contribution in [0.5, 0.6) is 0 Å². The second-order valence-electron chi connectivity index (χ2n) is 3.89. The minimum Gasteiger partial charge on any atom is -0.319 e. The average Bonchev–Trinajstić information content (AvgIpc) is 2.74. The van der Waals surface area contributed by atoms with Gasteiger partial charge in [-0.25, -0.2) is 0 Å². The van der Waals surface area contributed by atoms with Gasteiger partial charge in [-0.05, 0) is 12.1 Å². The van der Waals surface area contributed by atoms with Crippen LogP contribution in [0.3, 0.4) is 0 Å². The minimum absolute atomic E-state index is 0.371. The van der Waals surface area contributed by atoms with Crippen molar-refractivity contribution in [1.29, 1.82) is 0 Å². The molecule has 2 rings (SSSR count). The van der Waals surface area contributed by atoms with Crippen LogP contribution in [0.15, 0.2) is 30.7 Å². The lowest BCUT2D eigenvalue weighted by molar-refractivity contribution is -0.137. The Bertz CT molecular complexity index is 530. The fourth-order valence-electron chi connectivity index (χ4n) is 1.53. The fourth-order valence-corrected chi connectivity index (χ4v) is 1.53. The summed E-state index contributed by atoms with van der Waals surface area (Å²) in [5.74, 6) is 0. The van der Waals surface area contributed by atoms with Crippen molar-refractivity contribution >= 4 is 0 Å². The van der Waals surface area contributed by atoms with E-state index in [0.717, 1.165) is 12.3 Å². The van der Waals surface area contributed by atoms with Crippen LogP contribution in [-0.2, 0) is 13.2 Å². The highest BCUT2D eigenvalue weighted by atomic mass is 19.4. The molecular weight excluding hydrogens is 245 g/mol. The Morgan fingerprint density at radius 3 is 2.44 bits per heavy atom. The molecule has 0 aliphatic rings. The van der Waals surface area contributed by atoms with Gasteiger partial charge in [0.25, 0.3) is 0 Å². The van der Waals surface area contributed by atoms with E-state index in [0.29, 0.717) is 11.3 Å². The molecule has 0 radical (unpaired) electrons. The lowest BCUT2D eigenvalue weighted by Gasteiger charge is -2.10. The van der Waals surface area contributed by atoms with Gasteiger partial charge in [0.1, 0.15) is 0 Å². The summed E-state index contributed by atoms with van der Waals surface area (Å²) in [5, 5.41) is 3.95. The quantitative estimate of drug-likeness (QED) is 0.892. The van der Waals surface area contributed by atoms with Crippen molar-refractivity contribution in [3.63, 3.8) is 0 Å². The number of rotatable bonds is 2. The maximum absolute atomic E-state index is 12.4. The third-order valence-electron chi connectivity index (χ3n) is 2.52. The van der Waals surface area contributed by atoms with Gasteiger partial charge < -0.3 is 5.73 Å². The summed E-state index contributed by atoms with van der Waals surface area (Å²) in [4.78, 5) is 3.75. The molecular formula is C11H11F3N4. The van der Waals surface area contributed by atoms with E-state index in [2.05, 4.69) is 10.1 Å². The lowest BCUT2D eigenvalue weighted by Crippen LogP contribution is -2.14. The molecule has 2 aromatic rings. The summed E-state index contributed by atoms with van der Waals surface area (Å²) in [7, 11) is 1.73. The molecule has 0 bridgehead atoms. The number of aryl methyl sites for hydroxylation is 1. The number of aromatic nitrogens is 3. The molecule has 0 amide bonds. The first-order chi connectivity index (χ1) is 8.38. The van der Waals surface area contributed by atoms with Crippen LogP contribution in [0.4, 0.5) is 13.2 Å². The van der Waals surface area contributed by atoms with Gasteiger partial charge in [-0.1, -0.05) is 0 Å². The summed E-state index contributed by atoms with van der Waals surface area (Å²) >= 11 is 0. The Morgan fingerprint density at radius 2 is 2.00 bits per heavy atom. The third kappa shape index (κ3) is 2.51. The Hall–Kier alpha value is -1.89. The molecule has 4 nitrogen and oxygen atoms in total. The fraction of sp³-hybridized carbons (Fsp3) is 0.273.